The summed E-state index contributed by atoms with van der Waals surface area (Å²) in [5.41, 5.74) is 3.79. The number of hydrogen-bond donors (Lipinski definition) is 4. The third-order valence-corrected chi connectivity index (χ3v) is 18.1. The van der Waals surface area contributed by atoms with Crippen LogP contribution in [0.25, 0.3) is 11.0 Å². The Morgan fingerprint density at radius 1 is 0.945 bits per heavy atom. The fourth-order valence-electron chi connectivity index (χ4n) is 12.6. The third kappa shape index (κ3) is 9.57. The second-order valence-corrected chi connectivity index (χ2v) is 23.6. The molecule has 2 aliphatic carbocycles. The molecule has 11 rings (SSSR count). The van der Waals surface area contributed by atoms with Gasteiger partial charge in [-0.2, -0.15) is 4.98 Å². The number of aliphatic hydroxyl groups is 1. The molecule has 4 aliphatic heterocycles. The van der Waals surface area contributed by atoms with Crippen LogP contribution in [-0.4, -0.2) is 111 Å². The number of halogens is 1. The minimum absolute atomic E-state index is 0.0212. The first kappa shape index (κ1) is 49.2. The molecule has 17 nitrogen and oxygen atoms in total. The molecule has 3 saturated heterocycles. The van der Waals surface area contributed by atoms with Crippen molar-refractivity contribution >= 4 is 61.1 Å². The van der Waals surface area contributed by atoms with Crippen molar-refractivity contribution in [1.82, 2.24) is 14.7 Å². The molecule has 4 N–H and O–H groups in total. The maximum absolute atomic E-state index is 15.3. The summed E-state index contributed by atoms with van der Waals surface area (Å²) >= 11 is 0. The summed E-state index contributed by atoms with van der Waals surface area (Å²) in [6, 6.07) is 19.2. The van der Waals surface area contributed by atoms with Crippen molar-refractivity contribution in [2.45, 2.75) is 113 Å². The van der Waals surface area contributed by atoms with Crippen LogP contribution < -0.4 is 29.5 Å². The fraction of sp³-hybridized carbons (Fsp3) is 0.519. The highest BCUT2D eigenvalue weighted by molar-refractivity contribution is 7.90. The number of nitro groups is 1. The van der Waals surface area contributed by atoms with E-state index in [2.05, 4.69) is 67.9 Å². The van der Waals surface area contributed by atoms with Crippen LogP contribution in [0.15, 0.2) is 77.8 Å². The molecule has 3 atom stereocenters. The minimum Gasteiger partial charge on any atom is -0.468 e. The van der Waals surface area contributed by atoms with Crippen LogP contribution in [0, 0.1) is 33.2 Å². The van der Waals surface area contributed by atoms with Crippen LogP contribution in [0.3, 0.4) is 0 Å². The lowest BCUT2D eigenvalue weighted by Gasteiger charge is -2.57. The summed E-state index contributed by atoms with van der Waals surface area (Å²) in [6.45, 7) is 11.2. The summed E-state index contributed by atoms with van der Waals surface area (Å²) in [5, 5.41) is 26.1. The summed E-state index contributed by atoms with van der Waals surface area (Å²) in [7, 11) is -4.68. The number of nitrogens with zero attached hydrogens (tertiary/aromatic N) is 5. The highest BCUT2D eigenvalue weighted by Crippen LogP contribution is 2.56. The van der Waals surface area contributed by atoms with Gasteiger partial charge in [-0.25, -0.2) is 17.5 Å². The largest absolute Gasteiger partial charge is 0.468 e. The number of sulfonamides is 1. The first-order valence-corrected chi connectivity index (χ1v) is 27.4. The van der Waals surface area contributed by atoms with Crippen LogP contribution in [0.5, 0.6) is 5.88 Å². The molecule has 6 heterocycles. The number of rotatable bonds is 12. The van der Waals surface area contributed by atoms with E-state index in [-0.39, 0.29) is 46.1 Å². The number of nitro benzene ring substituents is 1. The first-order valence-electron chi connectivity index (χ1n) is 25.9. The van der Waals surface area contributed by atoms with Crippen LogP contribution in [0.2, 0.25) is 0 Å². The molecular formula is C54H65FN8O9S. The number of carbonyl (C=O) groups is 1. The van der Waals surface area contributed by atoms with E-state index < -0.39 is 55.0 Å². The molecule has 1 amide bonds. The van der Waals surface area contributed by atoms with Gasteiger partial charge >= 0.3 is 0 Å². The zero-order valence-electron chi connectivity index (χ0n) is 41.6. The summed E-state index contributed by atoms with van der Waals surface area (Å²) in [5.74, 6) is -0.157. The topological polar surface area (TPSA) is 205 Å². The Labute approximate surface area is 425 Å². The number of H-pyrrole nitrogens is 1. The van der Waals surface area contributed by atoms with Crippen molar-refractivity contribution in [2.24, 2.45) is 17.3 Å². The number of hydrogen-bond acceptors (Lipinski definition) is 14. The summed E-state index contributed by atoms with van der Waals surface area (Å²) in [6.07, 6.45) is 8.11. The molecule has 0 bridgehead atoms. The molecule has 2 saturated carbocycles. The van der Waals surface area contributed by atoms with E-state index >= 15 is 4.39 Å². The van der Waals surface area contributed by atoms with Crippen LogP contribution >= 0.6 is 0 Å². The number of fused-ring (bicyclic) bond motifs is 3. The molecule has 5 fully saturated rings. The van der Waals surface area contributed by atoms with E-state index in [1.165, 1.54) is 29.6 Å². The third-order valence-electron chi connectivity index (χ3n) is 16.8. The van der Waals surface area contributed by atoms with Crippen molar-refractivity contribution in [3.63, 3.8) is 0 Å². The van der Waals surface area contributed by atoms with Gasteiger partial charge in [0.15, 0.2) is 0 Å². The standard InChI is InChI=1S/C54H65FN8O9S/c1-33(2)38-6-4-5-7-43(38)61-21-23-71-31-48(61)35-27-54(28-35)17-19-60(20-18-54)36-8-10-39(45(24-36)62-44-14-22-70-32-49(44)72-52-47(62)26-40-41(55)30-57-50(40)58-52)51(64)59-73(68,69)37-9-11-42(46(25-37)63(66)67)56-29-34-12-15-53(3,65)16-13-34/h4-11,24-26,30,33-35,44,48-49,56,65H,12-23,27-29,31-32H2,1-3H3,(H,57,58)(H,59,64)/t34?,44-,48-,49-,53?/m0/s1. The van der Waals surface area contributed by atoms with Gasteiger partial charge in [0.1, 0.15) is 28.9 Å². The van der Waals surface area contributed by atoms with Crippen LogP contribution in [0.1, 0.15) is 100 Å². The number of aromatic amines is 1. The Morgan fingerprint density at radius 3 is 2.48 bits per heavy atom. The maximum Gasteiger partial charge on any atom is 0.293 e. The molecule has 19 heteroatoms. The number of morpholine rings is 1. The molecule has 3 aromatic carbocycles. The molecule has 2 aromatic heterocycles. The van der Waals surface area contributed by atoms with Gasteiger partial charge in [0, 0.05) is 56.4 Å². The number of pyridine rings is 1. The quantitative estimate of drug-likeness (QED) is 0.0682. The number of piperidine rings is 1. The number of para-hydroxylation sites is 1. The Hall–Kier alpha value is -6.02. The van der Waals surface area contributed by atoms with Gasteiger partial charge in [-0.05, 0) is 136 Å². The average Bonchev–Trinajstić information content (AvgIpc) is 3.74. The zero-order chi connectivity index (χ0) is 50.8. The smallest absolute Gasteiger partial charge is 0.293 e. The Kier molecular flexibility index (Phi) is 13.0. The maximum atomic E-state index is 15.3. The lowest BCUT2D eigenvalue weighted by molar-refractivity contribution is -0.384. The number of anilines is 5. The van der Waals surface area contributed by atoms with Gasteiger partial charge in [-0.1, -0.05) is 32.0 Å². The molecule has 0 radical (unpaired) electrons. The summed E-state index contributed by atoms with van der Waals surface area (Å²) in [4.78, 5) is 40.3. The number of aromatic nitrogens is 2. The van der Waals surface area contributed by atoms with Crippen molar-refractivity contribution < 1.29 is 41.8 Å². The highest BCUT2D eigenvalue weighted by Gasteiger charge is 2.50. The first-order chi connectivity index (χ1) is 35.1. The number of carbonyl (C=O) groups excluding carboxylic acids is 1. The van der Waals surface area contributed by atoms with Gasteiger partial charge < -0.3 is 44.3 Å². The monoisotopic (exact) mass is 1020 g/mol. The van der Waals surface area contributed by atoms with E-state index in [1.807, 2.05) is 17.0 Å². The molecule has 0 unspecified atom stereocenters. The lowest BCUT2D eigenvalue weighted by atomic mass is 9.55. The minimum atomic E-state index is -4.68. The van der Waals surface area contributed by atoms with E-state index in [1.54, 1.807) is 19.1 Å². The van der Waals surface area contributed by atoms with Crippen molar-refractivity contribution in [2.75, 3.05) is 72.6 Å². The Morgan fingerprint density at radius 2 is 1.71 bits per heavy atom. The number of amides is 1. The average molecular weight is 1020 g/mol. The van der Waals surface area contributed by atoms with Crippen molar-refractivity contribution in [1.29, 1.82) is 0 Å². The number of benzene rings is 3. The van der Waals surface area contributed by atoms with Crippen molar-refractivity contribution in [3.8, 4) is 5.88 Å². The van der Waals surface area contributed by atoms with Gasteiger partial charge in [-0.3, -0.25) is 14.9 Å². The van der Waals surface area contributed by atoms with Gasteiger partial charge in [0.05, 0.1) is 64.0 Å². The molecule has 73 heavy (non-hydrogen) atoms. The van der Waals surface area contributed by atoms with Crippen LogP contribution in [-0.2, 0) is 19.5 Å². The normalized spacial score (nSPS) is 25.2. The highest BCUT2D eigenvalue weighted by atomic mass is 32.2. The molecule has 388 valence electrons. The lowest BCUT2D eigenvalue weighted by Crippen LogP contribution is -2.57. The second kappa shape index (κ2) is 19.4. The SMILES string of the molecule is CC(C)c1ccccc1N1CCOC[C@H]1C1CC2(CCN(c3ccc(C(=O)NS(=O)(=O)c4ccc(NCC5CCC(C)(O)CC5)c([N+](=O)[O-])c4)c(N4c5cc6c(F)c[nH]c6nc5O[C@H]5COCC[C@@H]54)c3)CC2)C1. The van der Waals surface area contributed by atoms with Gasteiger partial charge in [-0.15, -0.1) is 0 Å². The van der Waals surface area contributed by atoms with E-state index in [4.69, 9.17) is 14.2 Å². The molecule has 6 aliphatic rings. The predicted molar refractivity (Wildman–Crippen MR) is 276 cm³/mol. The zero-order valence-corrected chi connectivity index (χ0v) is 42.5. The van der Waals surface area contributed by atoms with Crippen LogP contribution in [0.4, 0.5) is 38.5 Å². The molecule has 1 spiro atoms. The van der Waals surface area contributed by atoms with Gasteiger partial charge in [0.2, 0.25) is 5.88 Å². The van der Waals surface area contributed by atoms with Crippen molar-refractivity contribution in [3.05, 3.63) is 100.0 Å². The summed E-state index contributed by atoms with van der Waals surface area (Å²) < 4.78 is 64.3. The van der Waals surface area contributed by atoms with E-state index in [9.17, 15) is 28.4 Å². The number of ether oxygens (including phenoxy) is 3. The Bertz CT molecular complexity index is 3010. The Balaban J connectivity index is 0.873. The van der Waals surface area contributed by atoms with Gasteiger partial charge in [0.25, 0.3) is 21.6 Å². The number of nitrogens with one attached hydrogen (secondary N) is 3. The van der Waals surface area contributed by atoms with E-state index in [0.717, 1.165) is 76.5 Å². The fourth-order valence-corrected chi connectivity index (χ4v) is 13.6. The molecule has 5 aromatic rings. The predicted octanol–water partition coefficient (Wildman–Crippen LogP) is 8.80. The molecular weight excluding hydrogens is 956 g/mol. The second-order valence-electron chi connectivity index (χ2n) is 21.9. The van der Waals surface area contributed by atoms with E-state index in [0.29, 0.717) is 68.3 Å².